The van der Waals surface area contributed by atoms with E-state index < -0.39 is 11.9 Å². The third-order valence-corrected chi connectivity index (χ3v) is 6.72. The Hall–Kier alpha value is -4.38. The molecule has 0 bridgehead atoms. The highest BCUT2D eigenvalue weighted by Crippen LogP contribution is 2.44. The maximum atomic E-state index is 13.0. The van der Waals surface area contributed by atoms with E-state index in [9.17, 15) is 9.59 Å². The van der Waals surface area contributed by atoms with Crippen molar-refractivity contribution in [3.05, 3.63) is 95.6 Å². The zero-order chi connectivity index (χ0) is 22.1. The Morgan fingerprint density at radius 3 is 2.21 bits per heavy atom. The molecular formula is C28H18N2O3. The van der Waals surface area contributed by atoms with Crippen molar-refractivity contribution in [1.82, 2.24) is 9.55 Å². The number of H-pyrrole nitrogens is 1. The first-order chi connectivity index (χ1) is 16.2. The molecule has 5 heteroatoms. The second kappa shape index (κ2) is 6.56. The van der Waals surface area contributed by atoms with Crippen LogP contribution in [0.4, 0.5) is 0 Å². The average Bonchev–Trinajstić information content (AvgIpc) is 3.47. The Bertz CT molecular complexity index is 1770. The van der Waals surface area contributed by atoms with Crippen LogP contribution in [0.15, 0.2) is 78.9 Å². The van der Waals surface area contributed by atoms with E-state index >= 15 is 0 Å². The van der Waals surface area contributed by atoms with Crippen LogP contribution in [-0.4, -0.2) is 21.5 Å². The molecule has 33 heavy (non-hydrogen) atoms. The number of aromatic amines is 1. The third-order valence-electron chi connectivity index (χ3n) is 6.72. The van der Waals surface area contributed by atoms with Crippen LogP contribution < -0.4 is 0 Å². The molecule has 0 fully saturated rings. The number of ether oxygens (including phenoxy) is 1. The standard InChI is InChI=1S/C28H18N2O3/c31-27-23-21-17-10-4-6-12-19(17)29-25(21)26-22(24(23)28(32)33-27)18-11-5-7-13-20(18)30(26)15-14-16-8-2-1-3-9-16/h1-13,29H,14-15H2. The highest BCUT2D eigenvalue weighted by atomic mass is 16.6. The number of hydrogen-bond acceptors (Lipinski definition) is 3. The second-order valence-electron chi connectivity index (χ2n) is 8.48. The molecule has 2 aromatic heterocycles. The number of nitrogens with one attached hydrogen (secondary N) is 1. The van der Waals surface area contributed by atoms with Crippen LogP contribution in [0, 0.1) is 0 Å². The van der Waals surface area contributed by atoms with Crippen molar-refractivity contribution in [1.29, 1.82) is 0 Å². The third kappa shape index (κ3) is 2.42. The van der Waals surface area contributed by atoms with Gasteiger partial charge in [0.1, 0.15) is 0 Å². The first-order valence-electron chi connectivity index (χ1n) is 11.0. The quantitative estimate of drug-likeness (QED) is 0.277. The van der Waals surface area contributed by atoms with E-state index in [1.54, 1.807) is 0 Å². The number of aryl methyl sites for hydroxylation is 2. The lowest BCUT2D eigenvalue weighted by molar-refractivity contribution is 0.0445. The van der Waals surface area contributed by atoms with E-state index in [-0.39, 0.29) is 0 Å². The van der Waals surface area contributed by atoms with Gasteiger partial charge in [0, 0.05) is 39.1 Å². The van der Waals surface area contributed by atoms with E-state index in [2.05, 4.69) is 27.8 Å². The first-order valence-corrected chi connectivity index (χ1v) is 11.0. The summed E-state index contributed by atoms with van der Waals surface area (Å²) in [6.45, 7) is 0.736. The van der Waals surface area contributed by atoms with Gasteiger partial charge in [-0.2, -0.15) is 0 Å². The summed E-state index contributed by atoms with van der Waals surface area (Å²) in [7, 11) is 0. The molecule has 4 aromatic carbocycles. The van der Waals surface area contributed by atoms with Crippen molar-refractivity contribution >= 4 is 55.6 Å². The molecule has 0 unspecified atom stereocenters. The SMILES string of the molecule is O=C1OC(=O)c2c1c1c3ccccc3[nH]c1c1c2c2ccccc2n1CCc1ccccc1. The molecule has 6 aromatic rings. The molecule has 0 spiro atoms. The Balaban J connectivity index is 1.66. The number of esters is 2. The van der Waals surface area contributed by atoms with Gasteiger partial charge in [-0.3, -0.25) is 0 Å². The average molecular weight is 430 g/mol. The molecule has 1 aliphatic heterocycles. The molecule has 3 heterocycles. The molecule has 1 N–H and O–H groups in total. The van der Waals surface area contributed by atoms with Gasteiger partial charge >= 0.3 is 11.9 Å². The molecule has 0 saturated heterocycles. The van der Waals surface area contributed by atoms with Gasteiger partial charge < -0.3 is 14.3 Å². The topological polar surface area (TPSA) is 64.1 Å². The Labute approximate surface area is 188 Å². The number of para-hydroxylation sites is 2. The van der Waals surface area contributed by atoms with E-state index in [0.717, 1.165) is 56.6 Å². The summed E-state index contributed by atoms with van der Waals surface area (Å²) < 4.78 is 7.42. The number of benzene rings is 4. The predicted molar refractivity (Wildman–Crippen MR) is 129 cm³/mol. The zero-order valence-corrected chi connectivity index (χ0v) is 17.6. The molecule has 7 rings (SSSR count). The van der Waals surface area contributed by atoms with Crippen LogP contribution in [-0.2, 0) is 17.7 Å². The fraction of sp³-hybridized carbons (Fsp3) is 0.0714. The summed E-state index contributed by atoms with van der Waals surface area (Å²) in [5, 5.41) is 3.40. The Morgan fingerprint density at radius 2 is 1.39 bits per heavy atom. The summed E-state index contributed by atoms with van der Waals surface area (Å²) in [4.78, 5) is 29.4. The number of nitrogens with zero attached hydrogens (tertiary/aromatic N) is 1. The number of rotatable bonds is 3. The second-order valence-corrected chi connectivity index (χ2v) is 8.48. The van der Waals surface area contributed by atoms with Gasteiger partial charge in [-0.05, 0) is 24.1 Å². The van der Waals surface area contributed by atoms with Crippen LogP contribution in [0.1, 0.15) is 26.3 Å². The van der Waals surface area contributed by atoms with Crippen molar-refractivity contribution in [2.75, 3.05) is 0 Å². The minimum absolute atomic E-state index is 0.367. The van der Waals surface area contributed by atoms with E-state index in [0.29, 0.717) is 11.1 Å². The smallest absolute Gasteiger partial charge is 0.347 e. The summed E-state index contributed by atoms with van der Waals surface area (Å²) in [6, 6.07) is 26.3. The number of aromatic nitrogens is 2. The maximum Gasteiger partial charge on any atom is 0.347 e. The van der Waals surface area contributed by atoms with Crippen molar-refractivity contribution in [2.24, 2.45) is 0 Å². The van der Waals surface area contributed by atoms with Gasteiger partial charge in [0.2, 0.25) is 0 Å². The highest BCUT2D eigenvalue weighted by molar-refractivity contribution is 6.36. The number of hydrogen-bond donors (Lipinski definition) is 1. The molecule has 0 aliphatic carbocycles. The van der Waals surface area contributed by atoms with Gasteiger partial charge in [-0.1, -0.05) is 66.7 Å². The molecule has 158 valence electrons. The highest BCUT2D eigenvalue weighted by Gasteiger charge is 2.37. The summed E-state index contributed by atoms with van der Waals surface area (Å²) in [6.07, 6.45) is 0.844. The van der Waals surface area contributed by atoms with Crippen molar-refractivity contribution in [2.45, 2.75) is 13.0 Å². The number of cyclic esters (lactones) is 2. The lowest BCUT2D eigenvalue weighted by Crippen LogP contribution is -2.02. The van der Waals surface area contributed by atoms with Crippen molar-refractivity contribution in [3.63, 3.8) is 0 Å². The molecule has 0 amide bonds. The maximum absolute atomic E-state index is 13.0. The fourth-order valence-electron chi connectivity index (χ4n) is 5.36. The molecule has 5 nitrogen and oxygen atoms in total. The largest absolute Gasteiger partial charge is 0.386 e. The van der Waals surface area contributed by atoms with E-state index in [4.69, 9.17) is 4.74 Å². The van der Waals surface area contributed by atoms with Gasteiger partial charge in [0.05, 0.1) is 22.2 Å². The summed E-state index contributed by atoms with van der Waals surface area (Å²) in [5.41, 5.74) is 5.74. The Kier molecular flexibility index (Phi) is 3.62. The van der Waals surface area contributed by atoms with Gasteiger partial charge in [0.15, 0.2) is 0 Å². The van der Waals surface area contributed by atoms with Gasteiger partial charge in [0.25, 0.3) is 0 Å². The van der Waals surface area contributed by atoms with Crippen LogP contribution >= 0.6 is 0 Å². The van der Waals surface area contributed by atoms with Gasteiger partial charge in [-0.15, -0.1) is 0 Å². The first kappa shape index (κ1) is 18.2. The molecule has 0 atom stereocenters. The number of fused-ring (bicyclic) bond motifs is 10. The van der Waals surface area contributed by atoms with Crippen LogP contribution in [0.2, 0.25) is 0 Å². The fourth-order valence-corrected chi connectivity index (χ4v) is 5.36. The van der Waals surface area contributed by atoms with Crippen LogP contribution in [0.3, 0.4) is 0 Å². The van der Waals surface area contributed by atoms with Crippen molar-refractivity contribution in [3.8, 4) is 0 Å². The van der Waals surface area contributed by atoms with E-state index in [1.807, 2.05) is 60.7 Å². The summed E-state index contributed by atoms with van der Waals surface area (Å²) >= 11 is 0. The minimum atomic E-state index is -0.576. The molecular weight excluding hydrogens is 412 g/mol. The van der Waals surface area contributed by atoms with Crippen LogP contribution in [0.25, 0.3) is 43.6 Å². The predicted octanol–water partition coefficient (Wildman–Crippen LogP) is 5.98. The lowest BCUT2D eigenvalue weighted by atomic mass is 9.97. The van der Waals surface area contributed by atoms with Gasteiger partial charge in [-0.25, -0.2) is 9.59 Å². The Morgan fingerprint density at radius 1 is 0.727 bits per heavy atom. The monoisotopic (exact) mass is 430 g/mol. The van der Waals surface area contributed by atoms with E-state index in [1.165, 1.54) is 5.56 Å². The van der Waals surface area contributed by atoms with Crippen LogP contribution in [0.5, 0.6) is 0 Å². The van der Waals surface area contributed by atoms with Crippen molar-refractivity contribution < 1.29 is 14.3 Å². The molecule has 0 saturated carbocycles. The molecule has 1 aliphatic rings. The normalized spacial score (nSPS) is 13.5. The number of carbonyl (C=O) groups excluding carboxylic acids is 2. The molecule has 0 radical (unpaired) electrons. The lowest BCUT2D eigenvalue weighted by Gasteiger charge is -2.09. The zero-order valence-electron chi connectivity index (χ0n) is 17.6. The minimum Gasteiger partial charge on any atom is -0.386 e. The number of carbonyl (C=O) groups is 2. The summed E-state index contributed by atoms with van der Waals surface area (Å²) in [5.74, 6) is -1.15.